The van der Waals surface area contributed by atoms with Crippen LogP contribution >= 0.6 is 0 Å². The van der Waals surface area contributed by atoms with Crippen LogP contribution in [0.15, 0.2) is 30.3 Å². The van der Waals surface area contributed by atoms with Gasteiger partial charge in [0.2, 0.25) is 5.91 Å². The second-order valence-corrected chi connectivity index (χ2v) is 3.47. The van der Waals surface area contributed by atoms with Crippen molar-refractivity contribution in [3.63, 3.8) is 0 Å². The fraction of sp³-hybridized carbons (Fsp3) is 0.333. The largest absolute Gasteiger partial charge is 0.326 e. The van der Waals surface area contributed by atoms with E-state index in [4.69, 9.17) is 0 Å². The predicted octanol–water partition coefficient (Wildman–Crippen LogP) is 2.38. The van der Waals surface area contributed by atoms with Crippen LogP contribution in [0.3, 0.4) is 0 Å². The van der Waals surface area contributed by atoms with Crippen LogP contribution in [0, 0.1) is 0 Å². The maximum Gasteiger partial charge on any atom is 0.224 e. The van der Waals surface area contributed by atoms with Gasteiger partial charge in [0.15, 0.2) is 0 Å². The van der Waals surface area contributed by atoms with E-state index in [1.165, 1.54) is 6.92 Å². The molecule has 0 saturated heterocycles. The molecule has 1 N–H and O–H groups in total. The number of carbonyl (C=O) groups excluding carboxylic acids is 2. The summed E-state index contributed by atoms with van der Waals surface area (Å²) in [4.78, 5) is 22.0. The molecule has 0 aromatic heterocycles. The molecule has 3 nitrogen and oxygen atoms in total. The van der Waals surface area contributed by atoms with Crippen LogP contribution in [-0.4, -0.2) is 11.7 Å². The van der Waals surface area contributed by atoms with Crippen molar-refractivity contribution in [2.45, 2.75) is 26.2 Å². The van der Waals surface area contributed by atoms with Crippen LogP contribution in [0.5, 0.6) is 0 Å². The summed E-state index contributed by atoms with van der Waals surface area (Å²) in [6.45, 7) is 1.54. The van der Waals surface area contributed by atoms with Gasteiger partial charge in [0.05, 0.1) is 0 Å². The van der Waals surface area contributed by atoms with Gasteiger partial charge in [-0.1, -0.05) is 18.2 Å². The van der Waals surface area contributed by atoms with Gasteiger partial charge in [0, 0.05) is 18.5 Å². The number of hydrogen-bond donors (Lipinski definition) is 1. The van der Waals surface area contributed by atoms with Gasteiger partial charge in [-0.15, -0.1) is 0 Å². The zero-order valence-electron chi connectivity index (χ0n) is 8.82. The Labute approximate surface area is 89.5 Å². The van der Waals surface area contributed by atoms with Crippen LogP contribution in [-0.2, 0) is 9.59 Å². The Morgan fingerprint density at radius 3 is 2.40 bits per heavy atom. The fourth-order valence-electron chi connectivity index (χ4n) is 1.24. The molecular formula is C12H15NO2. The van der Waals surface area contributed by atoms with E-state index in [0.717, 1.165) is 5.69 Å². The lowest BCUT2D eigenvalue weighted by Crippen LogP contribution is -2.11. The highest BCUT2D eigenvalue weighted by Gasteiger charge is 2.02. The Kier molecular flexibility index (Phi) is 4.54. The highest BCUT2D eigenvalue weighted by molar-refractivity contribution is 5.90. The monoisotopic (exact) mass is 205 g/mol. The number of rotatable bonds is 5. The quantitative estimate of drug-likeness (QED) is 0.802. The molecule has 0 unspecified atom stereocenters. The molecule has 0 saturated carbocycles. The van der Waals surface area contributed by atoms with Gasteiger partial charge in [-0.05, 0) is 25.5 Å². The van der Waals surface area contributed by atoms with Gasteiger partial charge in [-0.3, -0.25) is 4.79 Å². The third kappa shape index (κ3) is 4.96. The lowest BCUT2D eigenvalue weighted by Gasteiger charge is -2.03. The summed E-state index contributed by atoms with van der Waals surface area (Å²) in [5, 5.41) is 2.77. The number of anilines is 1. The fourth-order valence-corrected chi connectivity index (χ4v) is 1.24. The van der Waals surface area contributed by atoms with Crippen molar-refractivity contribution < 1.29 is 9.59 Å². The second-order valence-electron chi connectivity index (χ2n) is 3.47. The number of para-hydroxylation sites is 1. The van der Waals surface area contributed by atoms with Crippen molar-refractivity contribution in [3.05, 3.63) is 30.3 Å². The molecular weight excluding hydrogens is 190 g/mol. The first-order valence-corrected chi connectivity index (χ1v) is 5.03. The van der Waals surface area contributed by atoms with E-state index in [9.17, 15) is 9.59 Å². The maximum absolute atomic E-state index is 11.4. The zero-order chi connectivity index (χ0) is 11.1. The molecule has 0 heterocycles. The predicted molar refractivity (Wildman–Crippen MR) is 59.6 cm³/mol. The minimum Gasteiger partial charge on any atom is -0.326 e. The van der Waals surface area contributed by atoms with Crippen molar-refractivity contribution in [2.75, 3.05) is 5.32 Å². The maximum atomic E-state index is 11.4. The number of benzene rings is 1. The molecule has 0 aliphatic carbocycles. The summed E-state index contributed by atoms with van der Waals surface area (Å²) in [6, 6.07) is 9.30. The summed E-state index contributed by atoms with van der Waals surface area (Å²) in [7, 11) is 0. The lowest BCUT2D eigenvalue weighted by molar-refractivity contribution is -0.117. The molecule has 0 bridgehead atoms. The average molecular weight is 205 g/mol. The Morgan fingerprint density at radius 1 is 1.13 bits per heavy atom. The number of amides is 1. The Morgan fingerprint density at radius 2 is 1.80 bits per heavy atom. The van der Waals surface area contributed by atoms with Crippen molar-refractivity contribution in [3.8, 4) is 0 Å². The minimum absolute atomic E-state index is 0.0394. The number of hydrogen-bond acceptors (Lipinski definition) is 2. The van der Waals surface area contributed by atoms with E-state index in [-0.39, 0.29) is 11.7 Å². The highest BCUT2D eigenvalue weighted by atomic mass is 16.1. The topological polar surface area (TPSA) is 46.2 Å². The third-order valence-corrected chi connectivity index (χ3v) is 1.99. The Hall–Kier alpha value is -1.64. The minimum atomic E-state index is -0.0394. The SMILES string of the molecule is CC(=O)CCCC(=O)Nc1ccccc1. The smallest absolute Gasteiger partial charge is 0.224 e. The molecule has 0 atom stereocenters. The number of ketones is 1. The van der Waals surface area contributed by atoms with Crippen LogP contribution in [0.1, 0.15) is 26.2 Å². The summed E-state index contributed by atoms with van der Waals surface area (Å²) in [5.74, 6) is 0.0879. The average Bonchev–Trinajstić information content (AvgIpc) is 2.18. The lowest BCUT2D eigenvalue weighted by atomic mass is 10.2. The van der Waals surface area contributed by atoms with Crippen LogP contribution in [0.4, 0.5) is 5.69 Å². The van der Waals surface area contributed by atoms with Gasteiger partial charge in [-0.2, -0.15) is 0 Å². The molecule has 1 rings (SSSR count). The van der Waals surface area contributed by atoms with Crippen LogP contribution in [0.2, 0.25) is 0 Å². The highest BCUT2D eigenvalue weighted by Crippen LogP contribution is 2.06. The number of Topliss-reactive ketones (excluding diaryl/α,β-unsaturated/α-hetero) is 1. The van der Waals surface area contributed by atoms with E-state index in [2.05, 4.69) is 5.32 Å². The van der Waals surface area contributed by atoms with Gasteiger partial charge in [0.1, 0.15) is 5.78 Å². The first kappa shape index (κ1) is 11.4. The van der Waals surface area contributed by atoms with E-state index >= 15 is 0 Å². The summed E-state index contributed by atoms with van der Waals surface area (Å²) >= 11 is 0. The Balaban J connectivity index is 2.28. The van der Waals surface area contributed by atoms with Crippen LogP contribution < -0.4 is 5.32 Å². The molecule has 80 valence electrons. The summed E-state index contributed by atoms with van der Waals surface area (Å²) in [5.41, 5.74) is 0.797. The first-order chi connectivity index (χ1) is 7.18. The van der Waals surface area contributed by atoms with Gasteiger partial charge >= 0.3 is 0 Å². The van der Waals surface area contributed by atoms with Gasteiger partial charge in [-0.25, -0.2) is 0 Å². The molecule has 1 aromatic rings. The Bertz CT molecular complexity index is 333. The number of carbonyl (C=O) groups is 2. The molecule has 0 radical (unpaired) electrons. The van der Waals surface area contributed by atoms with E-state index in [1.54, 1.807) is 0 Å². The molecule has 1 aromatic carbocycles. The summed E-state index contributed by atoms with van der Waals surface area (Å²) < 4.78 is 0. The molecule has 0 aliphatic heterocycles. The van der Waals surface area contributed by atoms with E-state index in [0.29, 0.717) is 19.3 Å². The van der Waals surface area contributed by atoms with Gasteiger partial charge in [0.25, 0.3) is 0 Å². The number of nitrogens with one attached hydrogen (secondary N) is 1. The third-order valence-electron chi connectivity index (χ3n) is 1.99. The van der Waals surface area contributed by atoms with Gasteiger partial charge < -0.3 is 10.1 Å². The molecule has 3 heteroatoms. The summed E-state index contributed by atoms with van der Waals surface area (Å²) in [6.07, 6.45) is 1.49. The van der Waals surface area contributed by atoms with Crippen molar-refractivity contribution in [2.24, 2.45) is 0 Å². The second kappa shape index (κ2) is 5.96. The molecule has 15 heavy (non-hydrogen) atoms. The van der Waals surface area contributed by atoms with E-state index in [1.807, 2.05) is 30.3 Å². The van der Waals surface area contributed by atoms with Crippen molar-refractivity contribution in [1.29, 1.82) is 0 Å². The molecule has 0 spiro atoms. The molecule has 0 fully saturated rings. The normalized spacial score (nSPS) is 9.67. The standard InChI is InChI=1S/C12H15NO2/c1-10(14)6-5-9-12(15)13-11-7-3-2-4-8-11/h2-4,7-8H,5-6,9H2,1H3,(H,13,15). The van der Waals surface area contributed by atoms with Crippen molar-refractivity contribution >= 4 is 17.4 Å². The van der Waals surface area contributed by atoms with Crippen LogP contribution in [0.25, 0.3) is 0 Å². The zero-order valence-corrected chi connectivity index (χ0v) is 8.82. The van der Waals surface area contributed by atoms with Crippen molar-refractivity contribution in [1.82, 2.24) is 0 Å². The first-order valence-electron chi connectivity index (χ1n) is 5.03. The van der Waals surface area contributed by atoms with E-state index < -0.39 is 0 Å². The molecule has 0 aliphatic rings. The molecule has 1 amide bonds.